The van der Waals surface area contributed by atoms with E-state index in [-0.39, 0.29) is 23.7 Å². The summed E-state index contributed by atoms with van der Waals surface area (Å²) in [7, 11) is 1.74. The second-order valence-corrected chi connectivity index (χ2v) is 8.30. The second-order valence-electron chi connectivity index (χ2n) is 8.30. The molecule has 2 aliphatic heterocycles. The number of amides is 3. The number of carbonyl (C=O) groups excluding carboxylic acids is 2. The maximum atomic E-state index is 14.5. The zero-order valence-electron chi connectivity index (χ0n) is 18.1. The van der Waals surface area contributed by atoms with Gasteiger partial charge >= 0.3 is 6.03 Å². The van der Waals surface area contributed by atoms with Crippen LogP contribution in [0.3, 0.4) is 0 Å². The molecule has 1 atom stereocenters. The number of urea groups is 1. The van der Waals surface area contributed by atoms with Crippen LogP contribution in [0.5, 0.6) is 5.75 Å². The van der Waals surface area contributed by atoms with E-state index < -0.39 is 11.4 Å². The Kier molecular flexibility index (Phi) is 5.60. The molecule has 31 heavy (non-hydrogen) atoms. The molecule has 2 aromatic rings. The molecule has 0 spiro atoms. The second kappa shape index (κ2) is 8.21. The number of carbonyl (C=O) groups is 2. The molecule has 0 aromatic heterocycles. The van der Waals surface area contributed by atoms with Crippen molar-refractivity contribution in [3.63, 3.8) is 0 Å². The van der Waals surface area contributed by atoms with Gasteiger partial charge in [-0.2, -0.15) is 0 Å². The number of halogens is 1. The first-order valence-corrected chi connectivity index (χ1v) is 10.8. The average Bonchev–Trinajstić information content (AvgIpc) is 2.77. The van der Waals surface area contributed by atoms with E-state index >= 15 is 0 Å². The van der Waals surface area contributed by atoms with Gasteiger partial charge < -0.3 is 20.3 Å². The van der Waals surface area contributed by atoms with Crippen LogP contribution in [0.4, 0.5) is 20.6 Å². The van der Waals surface area contributed by atoms with Gasteiger partial charge in [0.05, 0.1) is 6.04 Å². The third-order valence-corrected chi connectivity index (χ3v) is 6.55. The van der Waals surface area contributed by atoms with Crippen LogP contribution in [0.15, 0.2) is 36.4 Å². The summed E-state index contributed by atoms with van der Waals surface area (Å²) >= 11 is 0. The molecule has 0 fully saturated rings. The van der Waals surface area contributed by atoms with Crippen molar-refractivity contribution in [1.29, 1.82) is 0 Å². The van der Waals surface area contributed by atoms with Crippen LogP contribution in [-0.2, 0) is 11.2 Å². The molecule has 0 aliphatic carbocycles. The number of fused-ring (bicyclic) bond motifs is 2. The van der Waals surface area contributed by atoms with Gasteiger partial charge in [0, 0.05) is 36.8 Å². The van der Waals surface area contributed by atoms with Crippen molar-refractivity contribution in [2.45, 2.75) is 57.6 Å². The molecule has 0 saturated carbocycles. The van der Waals surface area contributed by atoms with Crippen LogP contribution < -0.4 is 20.3 Å². The summed E-state index contributed by atoms with van der Waals surface area (Å²) in [6, 6.07) is 9.63. The van der Waals surface area contributed by atoms with Crippen molar-refractivity contribution in [3.8, 4) is 5.75 Å². The molecule has 7 heteroatoms. The van der Waals surface area contributed by atoms with E-state index in [1.807, 2.05) is 32.0 Å². The lowest BCUT2D eigenvalue weighted by Crippen LogP contribution is -2.45. The van der Waals surface area contributed by atoms with Crippen molar-refractivity contribution >= 4 is 23.3 Å². The molecular formula is C24H28FN3O3. The fourth-order valence-corrected chi connectivity index (χ4v) is 4.49. The van der Waals surface area contributed by atoms with Crippen molar-refractivity contribution in [3.05, 3.63) is 53.3 Å². The van der Waals surface area contributed by atoms with Crippen LogP contribution in [-0.4, -0.2) is 24.6 Å². The Morgan fingerprint density at radius 2 is 2.00 bits per heavy atom. The van der Waals surface area contributed by atoms with Gasteiger partial charge in [0.25, 0.3) is 0 Å². The highest BCUT2D eigenvalue weighted by Crippen LogP contribution is 2.44. The number of ether oxygens (including phenoxy) is 1. The first kappa shape index (κ1) is 21.2. The highest BCUT2D eigenvalue weighted by Gasteiger charge is 2.40. The smallest absolute Gasteiger partial charge is 0.319 e. The third kappa shape index (κ3) is 3.96. The SMILES string of the molecule is CCC1(CC)C[C@@H](NC(=O)Nc2ccc3c(c2)N(C)C(=O)CC3)c2cccc(F)c2O1. The van der Waals surface area contributed by atoms with Gasteiger partial charge in [-0.1, -0.05) is 32.0 Å². The molecular weight excluding hydrogens is 397 g/mol. The van der Waals surface area contributed by atoms with Crippen molar-refractivity contribution in [2.75, 3.05) is 17.3 Å². The molecule has 0 unspecified atom stereocenters. The Hall–Kier alpha value is -3.09. The summed E-state index contributed by atoms with van der Waals surface area (Å²) in [6.45, 7) is 4.02. The number of para-hydroxylation sites is 1. The molecule has 2 N–H and O–H groups in total. The number of aryl methyl sites for hydroxylation is 1. The quantitative estimate of drug-likeness (QED) is 0.729. The summed E-state index contributed by atoms with van der Waals surface area (Å²) in [5, 5.41) is 5.86. The monoisotopic (exact) mass is 425 g/mol. The number of anilines is 2. The number of nitrogens with zero attached hydrogens (tertiary/aromatic N) is 1. The van der Waals surface area contributed by atoms with E-state index in [1.165, 1.54) is 6.07 Å². The zero-order chi connectivity index (χ0) is 22.2. The summed E-state index contributed by atoms with van der Waals surface area (Å²) in [5.74, 6) is -0.139. The van der Waals surface area contributed by atoms with E-state index in [1.54, 1.807) is 24.1 Å². The van der Waals surface area contributed by atoms with Gasteiger partial charge in [0.15, 0.2) is 11.6 Å². The summed E-state index contributed by atoms with van der Waals surface area (Å²) in [5.41, 5.74) is 2.60. The molecule has 0 radical (unpaired) electrons. The third-order valence-electron chi connectivity index (χ3n) is 6.55. The molecule has 164 valence electrons. The minimum absolute atomic E-state index is 0.0606. The fourth-order valence-electron chi connectivity index (χ4n) is 4.49. The highest BCUT2D eigenvalue weighted by molar-refractivity contribution is 5.97. The van der Waals surface area contributed by atoms with Gasteiger partial charge in [0.2, 0.25) is 5.91 Å². The summed E-state index contributed by atoms with van der Waals surface area (Å²) in [6.07, 6.45) is 3.18. The summed E-state index contributed by atoms with van der Waals surface area (Å²) < 4.78 is 20.6. The highest BCUT2D eigenvalue weighted by atomic mass is 19.1. The normalized spacial score (nSPS) is 19.2. The van der Waals surface area contributed by atoms with Crippen molar-refractivity contribution in [2.24, 2.45) is 0 Å². The Bertz CT molecular complexity index is 1020. The van der Waals surface area contributed by atoms with Crippen LogP contribution in [0.25, 0.3) is 0 Å². The van der Waals surface area contributed by atoms with E-state index in [2.05, 4.69) is 10.6 Å². The molecule has 2 heterocycles. The van der Waals surface area contributed by atoms with E-state index in [0.717, 1.165) is 11.3 Å². The largest absolute Gasteiger partial charge is 0.484 e. The molecule has 0 saturated heterocycles. The number of benzene rings is 2. The number of hydrogen-bond acceptors (Lipinski definition) is 3. The minimum Gasteiger partial charge on any atom is -0.484 e. The Morgan fingerprint density at radius 3 is 2.74 bits per heavy atom. The van der Waals surface area contributed by atoms with Crippen LogP contribution in [0.2, 0.25) is 0 Å². The van der Waals surface area contributed by atoms with Gasteiger partial charge in [-0.15, -0.1) is 0 Å². The zero-order valence-corrected chi connectivity index (χ0v) is 18.1. The summed E-state index contributed by atoms with van der Waals surface area (Å²) in [4.78, 5) is 26.5. The molecule has 3 amide bonds. The predicted octanol–water partition coefficient (Wildman–Crippen LogP) is 4.94. The number of rotatable bonds is 4. The molecule has 6 nitrogen and oxygen atoms in total. The first-order chi connectivity index (χ1) is 14.9. The average molecular weight is 426 g/mol. The molecule has 4 rings (SSSR count). The van der Waals surface area contributed by atoms with Crippen LogP contribution in [0.1, 0.15) is 56.7 Å². The minimum atomic E-state index is -0.526. The van der Waals surface area contributed by atoms with E-state index in [4.69, 9.17) is 4.74 Å². The lowest BCUT2D eigenvalue weighted by Gasteiger charge is -2.41. The van der Waals surface area contributed by atoms with Gasteiger partial charge in [0.1, 0.15) is 5.60 Å². The van der Waals surface area contributed by atoms with Crippen molar-refractivity contribution in [1.82, 2.24) is 5.32 Å². The van der Waals surface area contributed by atoms with Crippen LogP contribution in [0, 0.1) is 5.82 Å². The maximum absolute atomic E-state index is 14.5. The number of hydrogen-bond donors (Lipinski definition) is 2. The van der Waals surface area contributed by atoms with E-state index in [9.17, 15) is 14.0 Å². The Balaban J connectivity index is 1.55. The standard InChI is InChI=1S/C24H28FN3O3/c1-4-24(5-2)14-19(17-7-6-8-18(25)22(17)31-24)27-23(30)26-16-11-9-15-10-12-21(29)28(3)20(15)13-16/h6-9,11,13,19H,4-5,10,12,14H2,1-3H3,(H2,26,27,30)/t19-/m1/s1. The Labute approximate surface area is 181 Å². The van der Waals surface area contributed by atoms with E-state index in [0.29, 0.717) is 43.4 Å². The molecule has 0 bridgehead atoms. The first-order valence-electron chi connectivity index (χ1n) is 10.8. The van der Waals surface area contributed by atoms with Crippen molar-refractivity contribution < 1.29 is 18.7 Å². The predicted molar refractivity (Wildman–Crippen MR) is 118 cm³/mol. The Morgan fingerprint density at radius 1 is 1.23 bits per heavy atom. The lowest BCUT2D eigenvalue weighted by molar-refractivity contribution is -0.118. The molecule has 2 aliphatic rings. The maximum Gasteiger partial charge on any atom is 0.319 e. The molecule has 2 aromatic carbocycles. The van der Waals surface area contributed by atoms with Gasteiger partial charge in [-0.05, 0) is 43.0 Å². The number of nitrogens with one attached hydrogen (secondary N) is 2. The van der Waals surface area contributed by atoms with Crippen LogP contribution >= 0.6 is 0 Å². The van der Waals surface area contributed by atoms with Gasteiger partial charge in [-0.3, -0.25) is 4.79 Å². The fraction of sp³-hybridized carbons (Fsp3) is 0.417. The lowest BCUT2D eigenvalue weighted by atomic mass is 9.83. The topological polar surface area (TPSA) is 70.7 Å². The van der Waals surface area contributed by atoms with Gasteiger partial charge in [-0.25, -0.2) is 9.18 Å².